The van der Waals surface area contributed by atoms with Crippen LogP contribution in [0.2, 0.25) is 0 Å². The van der Waals surface area contributed by atoms with Gasteiger partial charge in [-0.25, -0.2) is 8.42 Å². The Morgan fingerprint density at radius 1 is 1.30 bits per heavy atom. The highest BCUT2D eigenvalue weighted by molar-refractivity contribution is 7.91. The fraction of sp³-hybridized carbons (Fsp3) is 0.571. The molecule has 1 unspecified atom stereocenters. The zero-order valence-corrected chi connectivity index (χ0v) is 12.8. The van der Waals surface area contributed by atoms with Crippen molar-refractivity contribution in [3.05, 3.63) is 29.8 Å². The van der Waals surface area contributed by atoms with Gasteiger partial charge in [-0.15, -0.1) is 0 Å². The first-order valence-corrected chi connectivity index (χ1v) is 8.54. The molecular weight excluding hydrogens is 278 g/mol. The zero-order chi connectivity index (χ0) is 15.0. The first kappa shape index (κ1) is 16.9. The molecule has 0 bridgehead atoms. The minimum absolute atomic E-state index is 0.0923. The Kier molecular flexibility index (Phi) is 6.98. The van der Waals surface area contributed by atoms with E-state index in [1.165, 1.54) is 0 Å². The predicted molar refractivity (Wildman–Crippen MR) is 79.9 cm³/mol. The maximum absolute atomic E-state index is 11.3. The van der Waals surface area contributed by atoms with Crippen LogP contribution in [0.1, 0.15) is 12.5 Å². The lowest BCUT2D eigenvalue weighted by Gasteiger charge is -2.13. The van der Waals surface area contributed by atoms with Crippen LogP contribution in [-0.2, 0) is 9.84 Å². The molecule has 0 radical (unpaired) electrons. The van der Waals surface area contributed by atoms with Crippen molar-refractivity contribution in [1.29, 1.82) is 0 Å². The molecule has 1 rings (SSSR count). The van der Waals surface area contributed by atoms with E-state index in [4.69, 9.17) is 4.74 Å². The third-order valence-electron chi connectivity index (χ3n) is 2.87. The molecule has 2 N–H and O–H groups in total. The minimum Gasteiger partial charge on any atom is -0.491 e. The highest BCUT2D eigenvalue weighted by Crippen LogP contribution is 2.11. The van der Waals surface area contributed by atoms with Gasteiger partial charge in [-0.3, -0.25) is 0 Å². The van der Waals surface area contributed by atoms with Crippen molar-refractivity contribution in [2.45, 2.75) is 20.0 Å². The van der Waals surface area contributed by atoms with Crippen molar-refractivity contribution in [3.63, 3.8) is 0 Å². The maximum atomic E-state index is 11.3. The van der Waals surface area contributed by atoms with E-state index in [1.807, 2.05) is 31.2 Å². The summed E-state index contributed by atoms with van der Waals surface area (Å²) in [6.07, 6.45) is -0.666. The summed E-state index contributed by atoms with van der Waals surface area (Å²) < 4.78 is 27.9. The summed E-state index contributed by atoms with van der Waals surface area (Å²) in [5.41, 5.74) is 1.15. The van der Waals surface area contributed by atoms with E-state index < -0.39 is 15.9 Å². The van der Waals surface area contributed by atoms with Gasteiger partial charge in [-0.05, 0) is 19.1 Å². The quantitative estimate of drug-likeness (QED) is 0.659. The monoisotopic (exact) mass is 301 g/mol. The fourth-order valence-electron chi connectivity index (χ4n) is 1.53. The van der Waals surface area contributed by atoms with Gasteiger partial charge >= 0.3 is 0 Å². The van der Waals surface area contributed by atoms with E-state index in [0.29, 0.717) is 18.8 Å². The normalized spacial score (nSPS) is 13.2. The molecule has 0 heterocycles. The van der Waals surface area contributed by atoms with Gasteiger partial charge in [0.1, 0.15) is 18.5 Å². The number of hydrogen-bond donors (Lipinski definition) is 2. The highest BCUT2D eigenvalue weighted by atomic mass is 32.2. The number of nitrogens with one attached hydrogen (secondary N) is 1. The average molecular weight is 301 g/mol. The molecule has 0 aliphatic heterocycles. The maximum Gasteiger partial charge on any atom is 0.151 e. The third kappa shape index (κ3) is 6.88. The zero-order valence-electron chi connectivity index (χ0n) is 12.0. The first-order valence-electron chi connectivity index (χ1n) is 6.71. The van der Waals surface area contributed by atoms with Crippen LogP contribution in [0.25, 0.3) is 0 Å². The van der Waals surface area contributed by atoms with Crippen LogP contribution in [0.15, 0.2) is 24.3 Å². The van der Waals surface area contributed by atoms with Gasteiger partial charge in [0.05, 0.1) is 5.75 Å². The van der Waals surface area contributed by atoms with Crippen molar-refractivity contribution in [1.82, 2.24) is 5.32 Å². The van der Waals surface area contributed by atoms with E-state index >= 15 is 0 Å². The number of aliphatic hydroxyl groups excluding tert-OH is 1. The van der Waals surface area contributed by atoms with Crippen molar-refractivity contribution in [2.75, 3.05) is 31.2 Å². The summed E-state index contributed by atoms with van der Waals surface area (Å²) in [6, 6.07) is 7.58. The summed E-state index contributed by atoms with van der Waals surface area (Å²) in [6.45, 7) is 4.45. The van der Waals surface area contributed by atoms with Gasteiger partial charge in [0.15, 0.2) is 9.84 Å². The number of aliphatic hydroxyl groups is 1. The Balaban J connectivity index is 2.17. The van der Waals surface area contributed by atoms with Crippen LogP contribution in [0.3, 0.4) is 0 Å². The third-order valence-corrected chi connectivity index (χ3v) is 4.58. The molecule has 0 aliphatic rings. The van der Waals surface area contributed by atoms with Gasteiger partial charge in [-0.1, -0.05) is 24.6 Å². The molecule has 114 valence electrons. The Morgan fingerprint density at radius 3 is 2.55 bits per heavy atom. The van der Waals surface area contributed by atoms with Gasteiger partial charge in [0.25, 0.3) is 0 Å². The van der Waals surface area contributed by atoms with Crippen LogP contribution in [0.4, 0.5) is 0 Å². The molecular formula is C14H23NO4S. The number of aryl methyl sites for hydroxylation is 1. The van der Waals surface area contributed by atoms with E-state index in [9.17, 15) is 13.5 Å². The average Bonchev–Trinajstić information content (AvgIpc) is 2.43. The SMILES string of the molecule is CCS(=O)(=O)CCNCC(O)COc1ccc(C)cc1. The summed E-state index contributed by atoms with van der Waals surface area (Å²) in [4.78, 5) is 0. The van der Waals surface area contributed by atoms with Crippen LogP contribution < -0.4 is 10.1 Å². The second-order valence-corrected chi connectivity index (χ2v) is 7.19. The van der Waals surface area contributed by atoms with Gasteiger partial charge in [0.2, 0.25) is 0 Å². The van der Waals surface area contributed by atoms with Crippen molar-refractivity contribution < 1.29 is 18.3 Å². The first-order chi connectivity index (χ1) is 9.43. The van der Waals surface area contributed by atoms with Gasteiger partial charge in [0, 0.05) is 18.8 Å². The van der Waals surface area contributed by atoms with Crippen molar-refractivity contribution in [2.24, 2.45) is 0 Å². The summed E-state index contributed by atoms with van der Waals surface area (Å²) >= 11 is 0. The molecule has 0 spiro atoms. The number of sulfone groups is 1. The van der Waals surface area contributed by atoms with Crippen molar-refractivity contribution in [3.8, 4) is 5.75 Å². The minimum atomic E-state index is -2.95. The van der Waals surface area contributed by atoms with Crippen molar-refractivity contribution >= 4 is 9.84 Å². The van der Waals surface area contributed by atoms with E-state index in [0.717, 1.165) is 5.56 Å². The predicted octanol–water partition coefficient (Wildman–Crippen LogP) is 0.759. The molecule has 0 saturated carbocycles. The van der Waals surface area contributed by atoms with Gasteiger partial charge < -0.3 is 15.2 Å². The van der Waals surface area contributed by atoms with E-state index in [2.05, 4.69) is 5.32 Å². The molecule has 1 aromatic rings. The number of rotatable bonds is 9. The topological polar surface area (TPSA) is 75.6 Å². The Labute approximate surface area is 120 Å². The molecule has 0 aliphatic carbocycles. The second-order valence-electron chi connectivity index (χ2n) is 4.72. The largest absolute Gasteiger partial charge is 0.491 e. The molecule has 6 heteroatoms. The van der Waals surface area contributed by atoms with E-state index in [1.54, 1.807) is 6.92 Å². The lowest BCUT2D eigenvalue weighted by Crippen LogP contribution is -2.34. The fourth-order valence-corrected chi connectivity index (χ4v) is 2.27. The molecule has 1 atom stereocenters. The lowest BCUT2D eigenvalue weighted by atomic mass is 10.2. The molecule has 0 saturated heterocycles. The Morgan fingerprint density at radius 2 is 1.95 bits per heavy atom. The molecule has 1 aromatic carbocycles. The van der Waals surface area contributed by atoms with E-state index in [-0.39, 0.29) is 18.1 Å². The molecule has 0 fully saturated rings. The second kappa shape index (κ2) is 8.24. The number of benzene rings is 1. The Bertz CT molecular complexity index is 484. The molecule has 20 heavy (non-hydrogen) atoms. The summed E-state index contributed by atoms with van der Waals surface area (Å²) in [5.74, 6) is 0.950. The smallest absolute Gasteiger partial charge is 0.151 e. The highest BCUT2D eigenvalue weighted by Gasteiger charge is 2.08. The molecule has 0 amide bonds. The summed E-state index contributed by atoms with van der Waals surface area (Å²) in [5, 5.41) is 12.6. The van der Waals surface area contributed by atoms with Gasteiger partial charge in [-0.2, -0.15) is 0 Å². The standard InChI is InChI=1S/C14H23NO4S/c1-3-20(17,18)9-8-15-10-13(16)11-19-14-6-4-12(2)5-7-14/h4-7,13,15-16H,3,8-11H2,1-2H3. The van der Waals surface area contributed by atoms with Crippen LogP contribution in [0.5, 0.6) is 5.75 Å². The Hall–Kier alpha value is -1.11. The molecule has 5 nitrogen and oxygen atoms in total. The molecule has 0 aromatic heterocycles. The van der Waals surface area contributed by atoms with Crippen LogP contribution >= 0.6 is 0 Å². The van der Waals surface area contributed by atoms with Crippen LogP contribution in [-0.4, -0.2) is 50.8 Å². The number of ether oxygens (including phenoxy) is 1. The summed E-state index contributed by atoms with van der Waals surface area (Å²) in [7, 11) is -2.95. The number of hydrogen-bond acceptors (Lipinski definition) is 5. The van der Waals surface area contributed by atoms with Crippen LogP contribution in [0, 0.1) is 6.92 Å². The lowest BCUT2D eigenvalue weighted by molar-refractivity contribution is 0.107.